The molecule has 0 heterocycles. The Bertz CT molecular complexity index is 567. The van der Waals surface area contributed by atoms with Crippen LogP contribution in [0, 0.1) is 5.41 Å². The molecule has 1 fully saturated rings. The van der Waals surface area contributed by atoms with Crippen LogP contribution in [-0.2, 0) is 0 Å². The lowest BCUT2D eigenvalue weighted by molar-refractivity contribution is 0.106. The minimum atomic E-state index is 0.190. The number of rotatable bonds is 4. The summed E-state index contributed by atoms with van der Waals surface area (Å²) in [5.41, 5.74) is 6.22. The molecule has 0 saturated heterocycles. The van der Waals surface area contributed by atoms with Gasteiger partial charge in [0.15, 0.2) is 0 Å². The van der Waals surface area contributed by atoms with Gasteiger partial charge in [0.25, 0.3) is 0 Å². The molecule has 1 aliphatic rings. The monoisotopic (exact) mass is 269 g/mol. The molecule has 0 aliphatic heterocycles. The van der Waals surface area contributed by atoms with E-state index >= 15 is 0 Å². The predicted octanol–water partition coefficient (Wildman–Crippen LogP) is 4.13. The third kappa shape index (κ3) is 2.66. The van der Waals surface area contributed by atoms with Gasteiger partial charge >= 0.3 is 0 Å². The van der Waals surface area contributed by atoms with E-state index in [9.17, 15) is 0 Å². The summed E-state index contributed by atoms with van der Waals surface area (Å²) in [6.45, 7) is 1.48. The lowest BCUT2D eigenvalue weighted by Gasteiger charge is -2.35. The van der Waals surface area contributed by atoms with Crippen molar-refractivity contribution in [1.82, 2.24) is 0 Å². The van der Waals surface area contributed by atoms with Crippen molar-refractivity contribution in [1.29, 1.82) is 0 Å². The molecule has 2 aromatic rings. The number of ether oxygens (including phenoxy) is 1. The van der Waals surface area contributed by atoms with Crippen molar-refractivity contribution in [2.75, 3.05) is 13.2 Å². The van der Waals surface area contributed by atoms with Crippen molar-refractivity contribution >= 4 is 10.8 Å². The second kappa shape index (κ2) is 5.84. The van der Waals surface area contributed by atoms with Crippen LogP contribution >= 0.6 is 0 Å². The molecule has 0 bridgehead atoms. The molecule has 1 aliphatic carbocycles. The predicted molar refractivity (Wildman–Crippen MR) is 84.0 cm³/mol. The first-order valence-electron chi connectivity index (χ1n) is 7.64. The normalized spacial score (nSPS) is 18.1. The van der Waals surface area contributed by atoms with Crippen molar-refractivity contribution in [2.24, 2.45) is 11.1 Å². The van der Waals surface area contributed by atoms with E-state index in [1.165, 1.54) is 42.9 Å². The first-order valence-corrected chi connectivity index (χ1v) is 7.64. The second-order valence-corrected chi connectivity index (χ2v) is 6.03. The molecule has 0 radical (unpaired) electrons. The molecule has 2 nitrogen and oxygen atoms in total. The quantitative estimate of drug-likeness (QED) is 0.905. The maximum Gasteiger partial charge on any atom is 0.127 e. The molecule has 106 valence electrons. The average Bonchev–Trinajstić information content (AvgIpc) is 2.54. The van der Waals surface area contributed by atoms with Crippen LogP contribution in [0.25, 0.3) is 10.8 Å². The molecule has 2 heteroatoms. The molecule has 0 atom stereocenters. The molecule has 3 rings (SSSR count). The van der Waals surface area contributed by atoms with Crippen LogP contribution in [0.5, 0.6) is 5.75 Å². The first-order chi connectivity index (χ1) is 9.83. The molecule has 0 spiro atoms. The molecular formula is C18H23NO. The van der Waals surface area contributed by atoms with Crippen molar-refractivity contribution in [3.63, 3.8) is 0 Å². The molecule has 0 unspecified atom stereocenters. The zero-order valence-corrected chi connectivity index (χ0v) is 12.0. The van der Waals surface area contributed by atoms with Crippen molar-refractivity contribution < 1.29 is 4.74 Å². The summed E-state index contributed by atoms with van der Waals surface area (Å²) in [5.74, 6) is 0.987. The van der Waals surface area contributed by atoms with Crippen LogP contribution in [0.2, 0.25) is 0 Å². The Labute approximate surface area is 120 Å². The minimum absolute atomic E-state index is 0.190. The SMILES string of the molecule is NCC1(COc2cccc3ccccc23)CCCCC1. The van der Waals surface area contributed by atoms with E-state index in [0.29, 0.717) is 0 Å². The Morgan fingerprint density at radius 3 is 2.50 bits per heavy atom. The van der Waals surface area contributed by atoms with E-state index in [1.807, 2.05) is 0 Å². The van der Waals surface area contributed by atoms with E-state index in [2.05, 4.69) is 42.5 Å². The van der Waals surface area contributed by atoms with Gasteiger partial charge in [-0.05, 0) is 24.3 Å². The van der Waals surface area contributed by atoms with Gasteiger partial charge < -0.3 is 10.5 Å². The maximum atomic E-state index is 6.17. The van der Waals surface area contributed by atoms with Gasteiger partial charge in [-0.2, -0.15) is 0 Å². The number of benzene rings is 2. The number of fused-ring (bicyclic) bond motifs is 1. The van der Waals surface area contributed by atoms with Crippen molar-refractivity contribution in [3.05, 3.63) is 42.5 Å². The van der Waals surface area contributed by atoms with Crippen LogP contribution in [0.1, 0.15) is 32.1 Å². The molecule has 1 saturated carbocycles. The van der Waals surface area contributed by atoms with E-state index in [0.717, 1.165) is 18.9 Å². The minimum Gasteiger partial charge on any atom is -0.492 e. The van der Waals surface area contributed by atoms with Crippen LogP contribution in [0.15, 0.2) is 42.5 Å². The highest BCUT2D eigenvalue weighted by Crippen LogP contribution is 2.36. The second-order valence-electron chi connectivity index (χ2n) is 6.03. The zero-order valence-electron chi connectivity index (χ0n) is 12.0. The van der Waals surface area contributed by atoms with Gasteiger partial charge in [0.1, 0.15) is 5.75 Å². The summed E-state index contributed by atoms with van der Waals surface area (Å²) >= 11 is 0. The number of nitrogens with two attached hydrogens (primary N) is 1. The van der Waals surface area contributed by atoms with E-state index in [1.54, 1.807) is 0 Å². The Hall–Kier alpha value is -1.54. The van der Waals surface area contributed by atoms with Crippen molar-refractivity contribution in [3.8, 4) is 5.75 Å². The summed E-state index contributed by atoms with van der Waals surface area (Å²) in [4.78, 5) is 0. The fraction of sp³-hybridized carbons (Fsp3) is 0.444. The molecular weight excluding hydrogens is 246 g/mol. The van der Waals surface area contributed by atoms with E-state index in [-0.39, 0.29) is 5.41 Å². The van der Waals surface area contributed by atoms with Crippen LogP contribution in [-0.4, -0.2) is 13.2 Å². The van der Waals surface area contributed by atoms with Gasteiger partial charge in [-0.3, -0.25) is 0 Å². The Morgan fingerprint density at radius 1 is 0.950 bits per heavy atom. The van der Waals surface area contributed by atoms with Gasteiger partial charge in [0.2, 0.25) is 0 Å². The van der Waals surface area contributed by atoms with Gasteiger partial charge in [0.05, 0.1) is 6.61 Å². The smallest absolute Gasteiger partial charge is 0.127 e. The topological polar surface area (TPSA) is 35.2 Å². The Balaban J connectivity index is 1.79. The Morgan fingerprint density at radius 2 is 1.70 bits per heavy atom. The maximum absolute atomic E-state index is 6.17. The lowest BCUT2D eigenvalue weighted by Crippen LogP contribution is -2.38. The van der Waals surface area contributed by atoms with Gasteiger partial charge in [-0.25, -0.2) is 0 Å². The van der Waals surface area contributed by atoms with Crippen LogP contribution < -0.4 is 10.5 Å². The lowest BCUT2D eigenvalue weighted by atomic mass is 9.75. The highest BCUT2D eigenvalue weighted by molar-refractivity contribution is 5.88. The summed E-state index contributed by atoms with van der Waals surface area (Å²) in [6, 6.07) is 14.6. The first kappa shape index (κ1) is 13.4. The Kier molecular flexibility index (Phi) is 3.93. The average molecular weight is 269 g/mol. The molecule has 2 N–H and O–H groups in total. The zero-order chi connectivity index (χ0) is 13.8. The molecule has 0 aromatic heterocycles. The van der Waals surface area contributed by atoms with Gasteiger partial charge in [-0.1, -0.05) is 55.7 Å². The highest BCUT2D eigenvalue weighted by atomic mass is 16.5. The fourth-order valence-electron chi connectivity index (χ4n) is 3.26. The summed E-state index contributed by atoms with van der Waals surface area (Å²) in [6.07, 6.45) is 6.32. The largest absolute Gasteiger partial charge is 0.492 e. The van der Waals surface area contributed by atoms with Crippen LogP contribution in [0.4, 0.5) is 0 Å². The van der Waals surface area contributed by atoms with E-state index in [4.69, 9.17) is 10.5 Å². The molecule has 2 aromatic carbocycles. The van der Waals surface area contributed by atoms with Crippen LogP contribution in [0.3, 0.4) is 0 Å². The van der Waals surface area contributed by atoms with Gasteiger partial charge in [-0.15, -0.1) is 0 Å². The fourth-order valence-corrected chi connectivity index (χ4v) is 3.26. The van der Waals surface area contributed by atoms with Crippen molar-refractivity contribution in [2.45, 2.75) is 32.1 Å². The molecule has 0 amide bonds. The third-order valence-corrected chi connectivity index (χ3v) is 4.63. The standard InChI is InChI=1S/C18H23NO/c19-13-18(11-4-1-5-12-18)14-20-17-10-6-8-15-7-2-3-9-16(15)17/h2-3,6-10H,1,4-5,11-14,19H2. The number of hydrogen-bond acceptors (Lipinski definition) is 2. The molecule has 20 heavy (non-hydrogen) atoms. The summed E-state index contributed by atoms with van der Waals surface area (Å²) in [7, 11) is 0. The summed E-state index contributed by atoms with van der Waals surface area (Å²) < 4.78 is 6.17. The van der Waals surface area contributed by atoms with Gasteiger partial charge in [0, 0.05) is 17.3 Å². The number of hydrogen-bond donors (Lipinski definition) is 1. The third-order valence-electron chi connectivity index (χ3n) is 4.63. The highest BCUT2D eigenvalue weighted by Gasteiger charge is 2.31. The van der Waals surface area contributed by atoms with E-state index < -0.39 is 0 Å². The summed E-state index contributed by atoms with van der Waals surface area (Å²) in [5, 5.41) is 2.42.